The number of carboxylic acid groups (broad SMARTS) is 1. The van der Waals surface area contributed by atoms with Crippen molar-refractivity contribution in [3.05, 3.63) is 34.3 Å². The van der Waals surface area contributed by atoms with E-state index in [9.17, 15) is 9.59 Å². The average Bonchev–Trinajstić information content (AvgIpc) is 2.25. The summed E-state index contributed by atoms with van der Waals surface area (Å²) in [5.74, 6) is -1.26. The van der Waals surface area contributed by atoms with Gasteiger partial charge in [0.1, 0.15) is 6.04 Å². The number of hydrogen-bond acceptors (Lipinski definition) is 2. The van der Waals surface area contributed by atoms with Crippen molar-refractivity contribution in [2.45, 2.75) is 33.2 Å². The molecule has 0 spiro atoms. The predicted molar refractivity (Wildman–Crippen MR) is 74.5 cm³/mol. The summed E-state index contributed by atoms with van der Waals surface area (Å²) in [5, 5.41) is 12.1. The third kappa shape index (κ3) is 4.91. The van der Waals surface area contributed by atoms with Crippen molar-refractivity contribution >= 4 is 23.5 Å². The Morgan fingerprint density at radius 3 is 2.42 bits per heavy atom. The van der Waals surface area contributed by atoms with Gasteiger partial charge in [0.25, 0.3) is 5.91 Å². The van der Waals surface area contributed by atoms with E-state index < -0.39 is 17.9 Å². The van der Waals surface area contributed by atoms with Crippen LogP contribution in [0.3, 0.4) is 0 Å². The van der Waals surface area contributed by atoms with E-state index in [2.05, 4.69) is 5.32 Å². The molecule has 4 nitrogen and oxygen atoms in total. The molecule has 0 saturated heterocycles. The molecule has 5 heteroatoms. The molecule has 1 aromatic carbocycles. The third-order valence-corrected chi connectivity index (χ3v) is 2.83. The molecule has 0 heterocycles. The molecule has 1 rings (SSSR count). The lowest BCUT2D eigenvalue weighted by Gasteiger charge is -2.16. The van der Waals surface area contributed by atoms with Crippen molar-refractivity contribution in [3.8, 4) is 0 Å². The molecule has 0 radical (unpaired) electrons. The Labute approximate surface area is 117 Å². The summed E-state index contributed by atoms with van der Waals surface area (Å²) in [5.41, 5.74) is 1.23. The van der Waals surface area contributed by atoms with Gasteiger partial charge in [0.15, 0.2) is 0 Å². The van der Waals surface area contributed by atoms with Gasteiger partial charge in [-0.1, -0.05) is 25.4 Å². The number of carboxylic acids is 1. The topological polar surface area (TPSA) is 66.4 Å². The lowest BCUT2D eigenvalue weighted by molar-refractivity contribution is -0.139. The number of aliphatic carboxylic acids is 1. The molecule has 0 unspecified atom stereocenters. The van der Waals surface area contributed by atoms with Crippen molar-refractivity contribution in [1.29, 1.82) is 0 Å². The van der Waals surface area contributed by atoms with E-state index in [1.54, 1.807) is 12.1 Å². The zero-order chi connectivity index (χ0) is 14.6. The van der Waals surface area contributed by atoms with Gasteiger partial charge in [0, 0.05) is 10.6 Å². The van der Waals surface area contributed by atoms with Crippen LogP contribution in [0.15, 0.2) is 18.2 Å². The highest BCUT2D eigenvalue weighted by Crippen LogP contribution is 2.15. The van der Waals surface area contributed by atoms with Crippen LogP contribution in [-0.4, -0.2) is 23.0 Å². The van der Waals surface area contributed by atoms with Crippen LogP contribution in [0.5, 0.6) is 0 Å². The van der Waals surface area contributed by atoms with Gasteiger partial charge in [0.05, 0.1) is 0 Å². The second-order valence-corrected chi connectivity index (χ2v) is 5.45. The largest absolute Gasteiger partial charge is 0.480 e. The first kappa shape index (κ1) is 15.5. The number of halogens is 1. The number of benzene rings is 1. The number of nitrogens with one attached hydrogen (secondary N) is 1. The second-order valence-electron chi connectivity index (χ2n) is 5.01. The van der Waals surface area contributed by atoms with Crippen molar-refractivity contribution in [2.75, 3.05) is 0 Å². The summed E-state index contributed by atoms with van der Waals surface area (Å²) in [6, 6.07) is 4.06. The maximum atomic E-state index is 12.0. The zero-order valence-electron chi connectivity index (χ0n) is 11.2. The van der Waals surface area contributed by atoms with Crippen LogP contribution >= 0.6 is 11.6 Å². The summed E-state index contributed by atoms with van der Waals surface area (Å²) in [4.78, 5) is 23.1. The summed E-state index contributed by atoms with van der Waals surface area (Å²) in [7, 11) is 0. The van der Waals surface area contributed by atoms with Crippen LogP contribution in [0.4, 0.5) is 0 Å². The number of rotatable bonds is 5. The molecule has 0 aliphatic carbocycles. The smallest absolute Gasteiger partial charge is 0.326 e. The van der Waals surface area contributed by atoms with Gasteiger partial charge in [-0.25, -0.2) is 4.79 Å². The molecule has 0 saturated carbocycles. The third-order valence-electron chi connectivity index (χ3n) is 2.61. The van der Waals surface area contributed by atoms with Crippen LogP contribution in [0, 0.1) is 12.8 Å². The number of amides is 1. The minimum Gasteiger partial charge on any atom is -0.480 e. The Balaban J connectivity index is 2.84. The summed E-state index contributed by atoms with van der Waals surface area (Å²) < 4.78 is 0. The molecule has 0 aromatic heterocycles. The average molecular weight is 284 g/mol. The van der Waals surface area contributed by atoms with Crippen molar-refractivity contribution in [3.63, 3.8) is 0 Å². The summed E-state index contributed by atoms with van der Waals surface area (Å²) in [6.45, 7) is 5.64. The van der Waals surface area contributed by atoms with Gasteiger partial charge >= 0.3 is 5.97 Å². The van der Waals surface area contributed by atoms with Gasteiger partial charge in [-0.05, 0) is 43.0 Å². The van der Waals surface area contributed by atoms with E-state index in [4.69, 9.17) is 16.7 Å². The maximum Gasteiger partial charge on any atom is 0.326 e. The molecule has 0 bridgehead atoms. The Kier molecular flexibility index (Phi) is 5.36. The molecule has 0 aliphatic rings. The standard InChI is InChI=1S/C14H18ClNO3/c1-8(2)4-12(14(18)19)16-13(17)10-5-9(3)6-11(15)7-10/h5-8,12H,4H2,1-3H3,(H,16,17)(H,18,19)/t12-/m1/s1. The molecule has 19 heavy (non-hydrogen) atoms. The maximum absolute atomic E-state index is 12.0. The van der Waals surface area contributed by atoms with E-state index in [1.165, 1.54) is 6.07 Å². The molecular formula is C14H18ClNO3. The Bertz CT molecular complexity index is 465. The molecule has 2 N–H and O–H groups in total. The van der Waals surface area contributed by atoms with Gasteiger partial charge < -0.3 is 10.4 Å². The van der Waals surface area contributed by atoms with Crippen molar-refractivity contribution < 1.29 is 14.7 Å². The fourth-order valence-corrected chi connectivity index (χ4v) is 2.09. The summed E-state index contributed by atoms with van der Waals surface area (Å²) >= 11 is 5.88. The van der Waals surface area contributed by atoms with E-state index in [-0.39, 0.29) is 5.92 Å². The van der Waals surface area contributed by atoms with E-state index in [0.717, 1.165) is 5.56 Å². The highest BCUT2D eigenvalue weighted by atomic mass is 35.5. The zero-order valence-corrected chi connectivity index (χ0v) is 12.0. The van der Waals surface area contributed by atoms with Crippen LogP contribution in [-0.2, 0) is 4.79 Å². The lowest BCUT2D eigenvalue weighted by Crippen LogP contribution is -2.41. The first-order valence-electron chi connectivity index (χ1n) is 6.10. The Morgan fingerprint density at radius 2 is 1.95 bits per heavy atom. The van der Waals surface area contributed by atoms with Gasteiger partial charge in [-0.15, -0.1) is 0 Å². The Morgan fingerprint density at radius 1 is 1.32 bits per heavy atom. The van der Waals surface area contributed by atoms with Crippen LogP contribution < -0.4 is 5.32 Å². The SMILES string of the molecule is Cc1cc(Cl)cc(C(=O)N[C@H](CC(C)C)C(=O)O)c1. The molecule has 0 fully saturated rings. The number of carbonyl (C=O) groups excluding carboxylic acids is 1. The molecule has 1 atom stereocenters. The van der Waals surface area contributed by atoms with Crippen molar-refractivity contribution in [1.82, 2.24) is 5.32 Å². The molecular weight excluding hydrogens is 266 g/mol. The van der Waals surface area contributed by atoms with Crippen LogP contribution in [0.2, 0.25) is 5.02 Å². The van der Waals surface area contributed by atoms with Gasteiger partial charge in [-0.3, -0.25) is 4.79 Å². The monoisotopic (exact) mass is 283 g/mol. The number of hydrogen-bond donors (Lipinski definition) is 2. The quantitative estimate of drug-likeness (QED) is 0.873. The first-order valence-corrected chi connectivity index (χ1v) is 6.48. The Hall–Kier alpha value is -1.55. The van der Waals surface area contributed by atoms with Gasteiger partial charge in [-0.2, -0.15) is 0 Å². The van der Waals surface area contributed by atoms with Crippen LogP contribution in [0.1, 0.15) is 36.2 Å². The minimum atomic E-state index is -1.03. The van der Waals surface area contributed by atoms with E-state index >= 15 is 0 Å². The highest BCUT2D eigenvalue weighted by molar-refractivity contribution is 6.31. The fraction of sp³-hybridized carbons (Fsp3) is 0.429. The minimum absolute atomic E-state index is 0.183. The molecule has 104 valence electrons. The predicted octanol–water partition coefficient (Wildman–Crippen LogP) is 2.88. The molecule has 0 aliphatic heterocycles. The molecule has 1 amide bonds. The summed E-state index contributed by atoms with van der Waals surface area (Å²) in [6.07, 6.45) is 0.390. The van der Waals surface area contributed by atoms with E-state index in [0.29, 0.717) is 17.0 Å². The second kappa shape index (κ2) is 6.57. The fourth-order valence-electron chi connectivity index (χ4n) is 1.80. The normalized spacial score (nSPS) is 12.3. The van der Waals surface area contributed by atoms with Crippen LogP contribution in [0.25, 0.3) is 0 Å². The number of carbonyl (C=O) groups is 2. The van der Waals surface area contributed by atoms with Gasteiger partial charge in [0.2, 0.25) is 0 Å². The highest BCUT2D eigenvalue weighted by Gasteiger charge is 2.21. The lowest BCUT2D eigenvalue weighted by atomic mass is 10.0. The van der Waals surface area contributed by atoms with E-state index in [1.807, 2.05) is 20.8 Å². The number of aryl methyl sites for hydroxylation is 1. The van der Waals surface area contributed by atoms with Crippen molar-refractivity contribution in [2.24, 2.45) is 5.92 Å². The molecule has 1 aromatic rings. The first-order chi connectivity index (χ1) is 8.79.